The van der Waals surface area contributed by atoms with Crippen molar-refractivity contribution in [3.8, 4) is 0 Å². The monoisotopic (exact) mass is 259 g/mol. The van der Waals surface area contributed by atoms with Gasteiger partial charge in [-0.15, -0.1) is 0 Å². The van der Waals surface area contributed by atoms with Crippen LogP contribution in [0, 0.1) is 5.92 Å². The van der Waals surface area contributed by atoms with Gasteiger partial charge >= 0.3 is 0 Å². The first-order valence-electron chi connectivity index (χ1n) is 7.15. The molecule has 1 unspecified atom stereocenters. The fourth-order valence-corrected chi connectivity index (χ4v) is 2.66. The van der Waals surface area contributed by atoms with Crippen molar-refractivity contribution in [1.82, 2.24) is 4.90 Å². The Balaban J connectivity index is 2.04. The average Bonchev–Trinajstić information content (AvgIpc) is 2.35. The summed E-state index contributed by atoms with van der Waals surface area (Å²) in [4.78, 5) is 2.24. The summed E-state index contributed by atoms with van der Waals surface area (Å²) in [5.41, 5.74) is 0. The largest absolute Gasteiger partial charge is 0.389 e. The zero-order chi connectivity index (χ0) is 13.2. The summed E-state index contributed by atoms with van der Waals surface area (Å²) in [6.07, 6.45) is 6.46. The Morgan fingerprint density at radius 2 is 1.94 bits per heavy atom. The summed E-state index contributed by atoms with van der Waals surface area (Å²) in [6, 6.07) is 0. The van der Waals surface area contributed by atoms with Crippen molar-refractivity contribution < 1.29 is 14.6 Å². The van der Waals surface area contributed by atoms with Gasteiger partial charge in [-0.2, -0.15) is 0 Å². The van der Waals surface area contributed by atoms with E-state index in [0.29, 0.717) is 26.4 Å². The summed E-state index contributed by atoms with van der Waals surface area (Å²) >= 11 is 0. The van der Waals surface area contributed by atoms with E-state index in [4.69, 9.17) is 9.47 Å². The Morgan fingerprint density at radius 3 is 2.61 bits per heavy atom. The molecule has 0 aromatic heterocycles. The minimum Gasteiger partial charge on any atom is -0.389 e. The molecule has 1 aliphatic carbocycles. The van der Waals surface area contributed by atoms with Crippen LogP contribution in [0.1, 0.15) is 32.1 Å². The van der Waals surface area contributed by atoms with Crippen LogP contribution in [0.2, 0.25) is 0 Å². The van der Waals surface area contributed by atoms with Crippen molar-refractivity contribution in [2.75, 3.05) is 47.1 Å². The van der Waals surface area contributed by atoms with Crippen LogP contribution in [0.15, 0.2) is 0 Å². The number of likely N-dealkylation sites (N-methyl/N-ethyl adjacent to an activating group) is 1. The highest BCUT2D eigenvalue weighted by atomic mass is 16.5. The number of methoxy groups -OCH3 is 1. The van der Waals surface area contributed by atoms with E-state index in [2.05, 4.69) is 11.9 Å². The molecule has 1 rings (SSSR count). The highest BCUT2D eigenvalue weighted by Crippen LogP contribution is 2.24. The molecule has 0 aromatic rings. The minimum absolute atomic E-state index is 0.393. The third kappa shape index (κ3) is 7.31. The second-order valence-corrected chi connectivity index (χ2v) is 5.45. The Hall–Kier alpha value is -0.160. The van der Waals surface area contributed by atoms with Gasteiger partial charge in [-0.05, 0) is 25.8 Å². The lowest BCUT2D eigenvalue weighted by Crippen LogP contribution is -2.36. The molecule has 0 bridgehead atoms. The fourth-order valence-electron chi connectivity index (χ4n) is 2.66. The number of hydrogen-bond donors (Lipinski definition) is 1. The van der Waals surface area contributed by atoms with Crippen LogP contribution in [0.4, 0.5) is 0 Å². The maximum atomic E-state index is 9.84. The second-order valence-electron chi connectivity index (χ2n) is 5.45. The highest BCUT2D eigenvalue weighted by molar-refractivity contribution is 4.70. The van der Waals surface area contributed by atoms with Crippen molar-refractivity contribution in [3.63, 3.8) is 0 Å². The van der Waals surface area contributed by atoms with Crippen LogP contribution < -0.4 is 0 Å². The lowest BCUT2D eigenvalue weighted by Gasteiger charge is -2.28. The van der Waals surface area contributed by atoms with E-state index >= 15 is 0 Å². The van der Waals surface area contributed by atoms with Crippen molar-refractivity contribution in [2.24, 2.45) is 5.92 Å². The SMILES string of the molecule is COCCOCC(O)CN(C)CC1CCCCC1. The number of hydrogen-bond acceptors (Lipinski definition) is 4. The molecule has 0 aliphatic heterocycles. The van der Waals surface area contributed by atoms with Crippen molar-refractivity contribution in [2.45, 2.75) is 38.2 Å². The van der Waals surface area contributed by atoms with Crippen molar-refractivity contribution in [1.29, 1.82) is 0 Å². The molecule has 1 saturated carbocycles. The zero-order valence-corrected chi connectivity index (χ0v) is 11.9. The van der Waals surface area contributed by atoms with Gasteiger partial charge in [0.05, 0.1) is 25.9 Å². The number of ether oxygens (including phenoxy) is 2. The van der Waals surface area contributed by atoms with Crippen LogP contribution in [0.25, 0.3) is 0 Å². The van der Waals surface area contributed by atoms with Crippen LogP contribution in [-0.4, -0.2) is 63.2 Å². The number of aliphatic hydroxyl groups excluding tert-OH is 1. The molecule has 0 saturated heterocycles. The summed E-state index contributed by atoms with van der Waals surface area (Å²) in [5, 5.41) is 9.84. The van der Waals surface area contributed by atoms with Gasteiger partial charge in [0.25, 0.3) is 0 Å². The first-order valence-corrected chi connectivity index (χ1v) is 7.15. The van der Waals surface area contributed by atoms with E-state index in [-0.39, 0.29) is 0 Å². The summed E-state index contributed by atoms with van der Waals surface area (Å²) in [5.74, 6) is 0.824. The van der Waals surface area contributed by atoms with Crippen molar-refractivity contribution in [3.05, 3.63) is 0 Å². The van der Waals surface area contributed by atoms with Crippen LogP contribution in [0.3, 0.4) is 0 Å². The summed E-state index contributed by atoms with van der Waals surface area (Å²) < 4.78 is 10.2. The number of nitrogens with zero attached hydrogens (tertiary/aromatic N) is 1. The normalized spacial score (nSPS) is 19.3. The lowest BCUT2D eigenvalue weighted by atomic mass is 9.89. The molecular weight excluding hydrogens is 230 g/mol. The van der Waals surface area contributed by atoms with Gasteiger partial charge in [0, 0.05) is 20.2 Å². The van der Waals surface area contributed by atoms with Crippen LogP contribution in [0.5, 0.6) is 0 Å². The molecule has 0 radical (unpaired) electrons. The first-order chi connectivity index (χ1) is 8.72. The molecule has 1 fully saturated rings. The molecule has 1 aliphatic rings. The molecule has 4 heteroatoms. The molecule has 0 spiro atoms. The third-order valence-electron chi connectivity index (χ3n) is 3.56. The quantitative estimate of drug-likeness (QED) is 0.638. The molecule has 0 amide bonds. The first kappa shape index (κ1) is 15.9. The molecule has 108 valence electrons. The van der Waals surface area contributed by atoms with Crippen LogP contribution >= 0.6 is 0 Å². The summed E-state index contributed by atoms with van der Waals surface area (Å²) in [6.45, 7) is 3.35. The van der Waals surface area contributed by atoms with Gasteiger partial charge in [0.1, 0.15) is 0 Å². The molecule has 1 atom stereocenters. The van der Waals surface area contributed by atoms with E-state index in [0.717, 1.165) is 12.5 Å². The molecule has 4 nitrogen and oxygen atoms in total. The van der Waals surface area contributed by atoms with E-state index in [1.165, 1.54) is 32.1 Å². The maximum Gasteiger partial charge on any atom is 0.0900 e. The molecule has 18 heavy (non-hydrogen) atoms. The Kier molecular flexibility index (Phi) is 8.59. The fraction of sp³-hybridized carbons (Fsp3) is 1.00. The van der Waals surface area contributed by atoms with Gasteiger partial charge in [0.15, 0.2) is 0 Å². The average molecular weight is 259 g/mol. The standard InChI is InChI=1S/C14H29NO3/c1-15(10-13-6-4-3-5-7-13)11-14(16)12-18-9-8-17-2/h13-14,16H,3-12H2,1-2H3. The highest BCUT2D eigenvalue weighted by Gasteiger charge is 2.16. The maximum absolute atomic E-state index is 9.84. The van der Waals surface area contributed by atoms with Gasteiger partial charge in [0.2, 0.25) is 0 Å². The third-order valence-corrected chi connectivity index (χ3v) is 3.56. The number of rotatable bonds is 9. The summed E-state index contributed by atoms with van der Waals surface area (Å²) in [7, 11) is 3.74. The van der Waals surface area contributed by atoms with Crippen LogP contribution in [-0.2, 0) is 9.47 Å². The smallest absolute Gasteiger partial charge is 0.0900 e. The molecule has 1 N–H and O–H groups in total. The predicted octanol–water partition coefficient (Wildman–Crippen LogP) is 1.52. The number of aliphatic hydroxyl groups is 1. The predicted molar refractivity (Wildman–Crippen MR) is 72.8 cm³/mol. The van der Waals surface area contributed by atoms with E-state index in [1.807, 2.05) is 0 Å². The van der Waals surface area contributed by atoms with E-state index in [1.54, 1.807) is 7.11 Å². The Morgan fingerprint density at radius 1 is 1.22 bits per heavy atom. The Labute approximate surface area is 111 Å². The minimum atomic E-state index is -0.393. The second kappa shape index (κ2) is 9.73. The molecule has 0 heterocycles. The van der Waals surface area contributed by atoms with Gasteiger partial charge in [-0.3, -0.25) is 0 Å². The van der Waals surface area contributed by atoms with Crippen molar-refractivity contribution >= 4 is 0 Å². The molecule has 0 aromatic carbocycles. The Bertz CT molecular complexity index is 195. The molecular formula is C14H29NO3. The topological polar surface area (TPSA) is 41.9 Å². The van der Waals surface area contributed by atoms with Gasteiger partial charge < -0.3 is 19.5 Å². The van der Waals surface area contributed by atoms with E-state index in [9.17, 15) is 5.11 Å². The van der Waals surface area contributed by atoms with Gasteiger partial charge in [-0.25, -0.2) is 0 Å². The zero-order valence-electron chi connectivity index (χ0n) is 11.9. The van der Waals surface area contributed by atoms with E-state index < -0.39 is 6.10 Å². The lowest BCUT2D eigenvalue weighted by molar-refractivity contribution is 0.000470. The van der Waals surface area contributed by atoms with Gasteiger partial charge in [-0.1, -0.05) is 19.3 Å².